The SMILES string of the molecule is COC(=O)N1CCN(c2ccc(N3C[C@H](CNC(=S)C4CCCCC4)OC3=O)cc2F)CC1. The van der Waals surface area contributed by atoms with Crippen LogP contribution in [0.5, 0.6) is 0 Å². The first-order valence-corrected chi connectivity index (χ1v) is 12.0. The Kier molecular flexibility index (Phi) is 7.52. The van der Waals surface area contributed by atoms with E-state index in [1.165, 1.54) is 37.3 Å². The molecule has 2 saturated heterocycles. The quantitative estimate of drug-likeness (QED) is 0.649. The third kappa shape index (κ3) is 5.48. The Morgan fingerprint density at radius 1 is 1.21 bits per heavy atom. The van der Waals surface area contributed by atoms with Crippen molar-refractivity contribution >= 4 is 40.8 Å². The van der Waals surface area contributed by atoms with E-state index in [-0.39, 0.29) is 12.2 Å². The number of hydrogen-bond donors (Lipinski definition) is 1. The Morgan fingerprint density at radius 3 is 2.61 bits per heavy atom. The molecule has 1 atom stereocenters. The number of amides is 2. The maximum Gasteiger partial charge on any atom is 0.414 e. The number of carbonyl (C=O) groups excluding carboxylic acids is 2. The number of cyclic esters (lactones) is 1. The third-order valence-corrected chi connectivity index (χ3v) is 7.13. The molecule has 180 valence electrons. The van der Waals surface area contributed by atoms with Gasteiger partial charge in [-0.25, -0.2) is 14.0 Å². The van der Waals surface area contributed by atoms with Gasteiger partial charge in [0.15, 0.2) is 0 Å². The molecule has 8 nitrogen and oxygen atoms in total. The number of nitrogens with zero attached hydrogens (tertiary/aromatic N) is 3. The van der Waals surface area contributed by atoms with Crippen LogP contribution in [0, 0.1) is 11.7 Å². The van der Waals surface area contributed by atoms with Gasteiger partial charge in [0, 0.05) is 32.1 Å². The summed E-state index contributed by atoms with van der Waals surface area (Å²) in [5.41, 5.74) is 0.915. The summed E-state index contributed by atoms with van der Waals surface area (Å²) in [6.45, 7) is 2.74. The summed E-state index contributed by atoms with van der Waals surface area (Å²) >= 11 is 5.53. The maximum absolute atomic E-state index is 14.9. The fraction of sp³-hybridized carbons (Fsp3) is 0.609. The van der Waals surface area contributed by atoms with Gasteiger partial charge in [0.05, 0.1) is 36.6 Å². The van der Waals surface area contributed by atoms with Gasteiger partial charge in [-0.1, -0.05) is 31.5 Å². The van der Waals surface area contributed by atoms with Gasteiger partial charge in [0.1, 0.15) is 11.9 Å². The molecule has 10 heteroatoms. The second kappa shape index (κ2) is 10.5. The smallest absolute Gasteiger partial charge is 0.414 e. The molecule has 1 aromatic rings. The second-order valence-corrected chi connectivity index (χ2v) is 9.22. The molecule has 33 heavy (non-hydrogen) atoms. The molecule has 0 unspecified atom stereocenters. The van der Waals surface area contributed by atoms with Crippen LogP contribution >= 0.6 is 12.2 Å². The van der Waals surface area contributed by atoms with Crippen molar-refractivity contribution in [3.8, 4) is 0 Å². The number of thiocarbonyl (C=S) groups is 1. The van der Waals surface area contributed by atoms with E-state index in [2.05, 4.69) is 5.32 Å². The van der Waals surface area contributed by atoms with E-state index in [1.54, 1.807) is 17.0 Å². The molecule has 2 heterocycles. The summed E-state index contributed by atoms with van der Waals surface area (Å²) in [5, 5.41) is 3.28. The second-order valence-electron chi connectivity index (χ2n) is 8.78. The van der Waals surface area contributed by atoms with Crippen molar-refractivity contribution in [2.45, 2.75) is 38.2 Å². The molecular weight excluding hydrogens is 447 g/mol. The van der Waals surface area contributed by atoms with Crippen LogP contribution in [-0.2, 0) is 9.47 Å². The maximum atomic E-state index is 14.9. The molecule has 0 radical (unpaired) electrons. The molecule has 3 fully saturated rings. The normalized spacial score (nSPS) is 21.7. The van der Waals surface area contributed by atoms with Crippen molar-refractivity contribution in [1.29, 1.82) is 0 Å². The number of halogens is 1. The highest BCUT2D eigenvalue weighted by Crippen LogP contribution is 2.29. The Morgan fingerprint density at radius 2 is 1.94 bits per heavy atom. The van der Waals surface area contributed by atoms with Crippen LogP contribution in [0.2, 0.25) is 0 Å². The third-order valence-electron chi connectivity index (χ3n) is 6.65. The summed E-state index contributed by atoms with van der Waals surface area (Å²) < 4.78 is 25.2. The Hall–Kier alpha value is -2.62. The zero-order valence-electron chi connectivity index (χ0n) is 18.9. The Labute approximate surface area is 199 Å². The first-order valence-electron chi connectivity index (χ1n) is 11.6. The van der Waals surface area contributed by atoms with Gasteiger partial charge < -0.3 is 24.6 Å². The number of nitrogens with one attached hydrogen (secondary N) is 1. The predicted molar refractivity (Wildman–Crippen MR) is 127 cm³/mol. The molecule has 1 N–H and O–H groups in total. The van der Waals surface area contributed by atoms with E-state index in [0.29, 0.717) is 56.6 Å². The monoisotopic (exact) mass is 478 g/mol. The zero-order valence-corrected chi connectivity index (χ0v) is 19.7. The zero-order chi connectivity index (χ0) is 23.4. The molecule has 1 aromatic carbocycles. The fourth-order valence-electron chi connectivity index (χ4n) is 4.74. The van der Waals surface area contributed by atoms with Gasteiger partial charge in [0.2, 0.25) is 0 Å². The van der Waals surface area contributed by atoms with Crippen molar-refractivity contribution in [3.63, 3.8) is 0 Å². The van der Waals surface area contributed by atoms with Crippen LogP contribution < -0.4 is 15.1 Å². The summed E-state index contributed by atoms with van der Waals surface area (Å²) in [6.07, 6.45) is 4.73. The number of rotatable bonds is 5. The van der Waals surface area contributed by atoms with Gasteiger partial charge >= 0.3 is 12.2 Å². The van der Waals surface area contributed by atoms with Crippen molar-refractivity contribution in [3.05, 3.63) is 24.0 Å². The molecule has 3 aliphatic rings. The highest BCUT2D eigenvalue weighted by atomic mass is 32.1. The van der Waals surface area contributed by atoms with Gasteiger partial charge in [-0.05, 0) is 31.0 Å². The lowest BCUT2D eigenvalue weighted by Crippen LogP contribution is -2.49. The number of methoxy groups -OCH3 is 1. The van der Waals surface area contributed by atoms with E-state index >= 15 is 0 Å². The number of piperazine rings is 1. The molecule has 4 rings (SSSR count). The topological polar surface area (TPSA) is 74.3 Å². The van der Waals surface area contributed by atoms with Crippen molar-refractivity contribution < 1.29 is 23.5 Å². The van der Waals surface area contributed by atoms with Crippen molar-refractivity contribution in [1.82, 2.24) is 10.2 Å². The Bertz CT molecular complexity index is 887. The van der Waals surface area contributed by atoms with Crippen LogP contribution in [0.4, 0.5) is 25.4 Å². The van der Waals surface area contributed by atoms with E-state index < -0.39 is 11.9 Å². The first-order chi connectivity index (χ1) is 16.0. The van der Waals surface area contributed by atoms with Gasteiger partial charge in [-0.2, -0.15) is 0 Å². The summed E-state index contributed by atoms with van der Waals surface area (Å²) in [7, 11) is 1.35. The predicted octanol–water partition coefficient (Wildman–Crippen LogP) is 3.54. The van der Waals surface area contributed by atoms with Crippen molar-refractivity contribution in [2.24, 2.45) is 5.92 Å². The minimum absolute atomic E-state index is 0.340. The molecule has 0 spiro atoms. The summed E-state index contributed by atoms with van der Waals surface area (Å²) in [4.78, 5) is 29.9. The van der Waals surface area contributed by atoms with Gasteiger partial charge in [-0.3, -0.25) is 4.90 Å². The fourth-order valence-corrected chi connectivity index (χ4v) is 5.06. The van der Waals surface area contributed by atoms with Crippen molar-refractivity contribution in [2.75, 3.05) is 56.2 Å². The molecular formula is C23H31FN4O4S. The first kappa shape index (κ1) is 23.5. The minimum atomic E-state index is -0.482. The Balaban J connectivity index is 1.32. The van der Waals surface area contributed by atoms with E-state index in [4.69, 9.17) is 21.7 Å². The van der Waals surface area contributed by atoms with Gasteiger partial charge in [-0.15, -0.1) is 0 Å². The average Bonchev–Trinajstić information content (AvgIpc) is 3.23. The number of anilines is 2. The largest absolute Gasteiger partial charge is 0.453 e. The van der Waals surface area contributed by atoms with Crippen LogP contribution in [0.1, 0.15) is 32.1 Å². The lowest BCUT2D eigenvalue weighted by atomic mass is 9.89. The summed E-state index contributed by atoms with van der Waals surface area (Å²) in [6, 6.07) is 4.77. The molecule has 1 saturated carbocycles. The molecule has 0 bridgehead atoms. The highest BCUT2D eigenvalue weighted by molar-refractivity contribution is 7.80. The minimum Gasteiger partial charge on any atom is -0.453 e. The van der Waals surface area contributed by atoms with Gasteiger partial charge in [0.25, 0.3) is 0 Å². The molecule has 2 amide bonds. The standard InChI is InChI=1S/C23H31FN4O4S/c1-31-22(29)27-11-9-26(10-12-27)20-8-7-17(13-19(20)24)28-15-18(32-23(28)30)14-25-21(33)16-5-3-2-4-6-16/h7-8,13,16,18H,2-6,9-12,14-15H2,1H3,(H,25,33)/t18-/m0/s1. The van der Waals surface area contributed by atoms with E-state index in [1.807, 2.05) is 4.90 Å². The van der Waals surface area contributed by atoms with Crippen LogP contribution in [0.25, 0.3) is 0 Å². The van der Waals surface area contributed by atoms with E-state index in [0.717, 1.165) is 17.8 Å². The van der Waals surface area contributed by atoms with Crippen LogP contribution in [0.15, 0.2) is 18.2 Å². The number of benzene rings is 1. The highest BCUT2D eigenvalue weighted by Gasteiger charge is 2.33. The average molecular weight is 479 g/mol. The summed E-state index contributed by atoms with van der Waals surface area (Å²) in [5.74, 6) is 0.00459. The number of carbonyl (C=O) groups is 2. The lowest BCUT2D eigenvalue weighted by Gasteiger charge is -2.35. The number of ether oxygens (including phenoxy) is 2. The van der Waals surface area contributed by atoms with Crippen LogP contribution in [0.3, 0.4) is 0 Å². The van der Waals surface area contributed by atoms with Crippen LogP contribution in [-0.4, -0.2) is 74.6 Å². The lowest BCUT2D eigenvalue weighted by molar-refractivity contribution is 0.121. The van der Waals surface area contributed by atoms with E-state index in [9.17, 15) is 14.0 Å². The molecule has 2 aliphatic heterocycles. The molecule has 0 aromatic heterocycles. The number of hydrogen-bond acceptors (Lipinski definition) is 6. The molecule has 1 aliphatic carbocycles.